The zero-order chi connectivity index (χ0) is 24.6. The van der Waals surface area contributed by atoms with Crippen molar-refractivity contribution in [2.45, 2.75) is 37.5 Å². The smallest absolute Gasteiger partial charge is 0.381 e. The number of rotatable bonds is 4. The average molecular weight is 505 g/mol. The number of amides is 1. The zero-order valence-electron chi connectivity index (χ0n) is 17.8. The zero-order valence-corrected chi connectivity index (χ0v) is 18.6. The maximum atomic E-state index is 14.5. The molecule has 13 heteroatoms. The lowest BCUT2D eigenvalue weighted by Crippen LogP contribution is -2.62. The van der Waals surface area contributed by atoms with Crippen LogP contribution in [0.2, 0.25) is 5.02 Å². The van der Waals surface area contributed by atoms with Crippen LogP contribution in [0.15, 0.2) is 24.5 Å². The number of nitrogens with zero attached hydrogens (tertiary/aromatic N) is 4. The van der Waals surface area contributed by atoms with E-state index in [-0.39, 0.29) is 42.6 Å². The van der Waals surface area contributed by atoms with Gasteiger partial charge in [-0.2, -0.15) is 17.6 Å². The van der Waals surface area contributed by atoms with Crippen LogP contribution in [0.5, 0.6) is 0 Å². The number of nitrogens with one attached hydrogen (secondary N) is 1. The number of hydrogen-bond acceptors (Lipinski definition) is 6. The predicted octanol–water partition coefficient (Wildman–Crippen LogP) is 3.85. The van der Waals surface area contributed by atoms with E-state index in [2.05, 4.69) is 15.3 Å². The number of halogens is 6. The molecule has 34 heavy (non-hydrogen) atoms. The van der Waals surface area contributed by atoms with E-state index in [0.717, 1.165) is 18.5 Å². The molecule has 3 atom stereocenters. The molecule has 0 aliphatic carbocycles. The Morgan fingerprint density at radius 1 is 1.12 bits per heavy atom. The van der Waals surface area contributed by atoms with Crippen molar-refractivity contribution < 1.29 is 26.7 Å². The minimum atomic E-state index is -4.56. The van der Waals surface area contributed by atoms with Crippen molar-refractivity contribution in [3.63, 3.8) is 0 Å². The van der Waals surface area contributed by atoms with Crippen LogP contribution in [0.25, 0.3) is 0 Å². The summed E-state index contributed by atoms with van der Waals surface area (Å²) in [6.45, 7) is -0.276. The lowest BCUT2D eigenvalue weighted by atomic mass is 9.87. The van der Waals surface area contributed by atoms with E-state index in [0.29, 0.717) is 12.8 Å². The van der Waals surface area contributed by atoms with Crippen molar-refractivity contribution in [2.24, 2.45) is 5.92 Å². The van der Waals surface area contributed by atoms with Crippen LogP contribution >= 0.6 is 11.6 Å². The molecule has 7 nitrogen and oxygen atoms in total. The van der Waals surface area contributed by atoms with Gasteiger partial charge in [0.05, 0.1) is 12.0 Å². The summed E-state index contributed by atoms with van der Waals surface area (Å²) < 4.78 is 70.0. The fourth-order valence-corrected chi connectivity index (χ4v) is 4.84. The quantitative estimate of drug-likeness (QED) is 0.615. The lowest BCUT2D eigenvalue weighted by Gasteiger charge is -2.47. The highest BCUT2D eigenvalue weighted by Crippen LogP contribution is 2.39. The highest BCUT2D eigenvalue weighted by atomic mass is 35.5. The molecule has 0 bridgehead atoms. The summed E-state index contributed by atoms with van der Waals surface area (Å²) in [5.41, 5.74) is 5.75. The van der Waals surface area contributed by atoms with E-state index in [1.54, 1.807) is 0 Å². The van der Waals surface area contributed by atoms with E-state index in [9.17, 15) is 26.7 Å². The molecule has 3 N–H and O–H groups in total. The van der Waals surface area contributed by atoms with Gasteiger partial charge >= 0.3 is 6.18 Å². The third kappa shape index (κ3) is 4.96. The van der Waals surface area contributed by atoms with Crippen molar-refractivity contribution >= 4 is 34.8 Å². The van der Waals surface area contributed by atoms with Crippen LogP contribution < -0.4 is 16.0 Å². The second-order valence-corrected chi connectivity index (χ2v) is 8.81. The second-order valence-electron chi connectivity index (χ2n) is 8.38. The Morgan fingerprint density at radius 2 is 1.88 bits per heavy atom. The Morgan fingerprint density at radius 3 is 2.59 bits per heavy atom. The predicted molar refractivity (Wildman–Crippen MR) is 116 cm³/mol. The molecule has 1 amide bonds. The highest BCUT2D eigenvalue weighted by Gasteiger charge is 2.51. The molecule has 2 saturated heterocycles. The maximum absolute atomic E-state index is 14.5. The maximum Gasteiger partial charge on any atom is 0.393 e. The fourth-order valence-electron chi connectivity index (χ4n) is 4.62. The van der Waals surface area contributed by atoms with Gasteiger partial charge in [0, 0.05) is 30.3 Å². The first-order chi connectivity index (χ1) is 16.0. The van der Waals surface area contributed by atoms with Crippen molar-refractivity contribution in [1.29, 1.82) is 0 Å². The Bertz CT molecular complexity index is 1050. The van der Waals surface area contributed by atoms with Crippen molar-refractivity contribution in [3.8, 4) is 0 Å². The number of alkyl halides is 3. The monoisotopic (exact) mass is 504 g/mol. The number of hydrogen-bond donors (Lipinski definition) is 2. The Labute approximate surface area is 197 Å². The molecular weight excluding hydrogens is 483 g/mol. The molecule has 2 aliphatic heterocycles. The summed E-state index contributed by atoms with van der Waals surface area (Å²) in [6.07, 6.45) is -3.08. The minimum Gasteiger partial charge on any atom is -0.381 e. The van der Waals surface area contributed by atoms with Gasteiger partial charge in [-0.1, -0.05) is 11.6 Å². The van der Waals surface area contributed by atoms with Crippen LogP contribution in [0, 0.1) is 17.6 Å². The highest BCUT2D eigenvalue weighted by molar-refractivity contribution is 6.30. The van der Waals surface area contributed by atoms with Gasteiger partial charge in [0.15, 0.2) is 11.6 Å². The third-order valence-electron chi connectivity index (χ3n) is 6.18. The van der Waals surface area contributed by atoms with Crippen molar-refractivity contribution in [2.75, 3.05) is 35.6 Å². The van der Waals surface area contributed by atoms with Gasteiger partial charge in [-0.25, -0.2) is 14.4 Å². The number of likely N-dealkylation sites (tertiary alicyclic amines) is 1. The molecule has 0 saturated carbocycles. The van der Waals surface area contributed by atoms with Crippen molar-refractivity contribution in [1.82, 2.24) is 14.9 Å². The van der Waals surface area contributed by atoms with Crippen LogP contribution in [-0.2, 0) is 4.79 Å². The Hall–Kier alpha value is -2.89. The van der Waals surface area contributed by atoms with Crippen LogP contribution in [0.3, 0.4) is 0 Å². The van der Waals surface area contributed by atoms with Gasteiger partial charge in [0.25, 0.3) is 0 Å². The van der Waals surface area contributed by atoms with E-state index in [4.69, 9.17) is 17.3 Å². The number of carbonyl (C=O) groups is 1. The van der Waals surface area contributed by atoms with E-state index >= 15 is 0 Å². The molecule has 1 aromatic carbocycles. The van der Waals surface area contributed by atoms with Gasteiger partial charge in [-0.05, 0) is 37.5 Å². The summed E-state index contributed by atoms with van der Waals surface area (Å²) in [5, 5.41) is 3.01. The molecule has 3 heterocycles. The molecule has 184 valence electrons. The first-order valence-corrected chi connectivity index (χ1v) is 11.0. The first kappa shape index (κ1) is 24.2. The van der Waals surface area contributed by atoms with E-state index in [1.807, 2.05) is 0 Å². The second kappa shape index (κ2) is 9.40. The lowest BCUT2D eigenvalue weighted by molar-refractivity contribution is -0.197. The first-order valence-electron chi connectivity index (χ1n) is 10.7. The van der Waals surface area contributed by atoms with Crippen LogP contribution in [-0.4, -0.2) is 58.7 Å². The summed E-state index contributed by atoms with van der Waals surface area (Å²) in [4.78, 5) is 23.2. The SMILES string of the molecule is Nc1ncnc(N2CC[C@@H](C(F)(F)F)[C@H](N3CCC[C@@H](Nc4cc(F)cc(Cl)c4)C3=O)C2)c1F. The molecule has 0 radical (unpaired) electrons. The summed E-state index contributed by atoms with van der Waals surface area (Å²) in [6, 6.07) is 1.56. The standard InChI is InChI=1S/C21H22ClF5N6O/c22-11-6-12(23)8-13(7-11)31-15-2-1-4-33(20(15)34)16-9-32(5-3-14(16)21(25,26)27)19-17(24)18(28)29-10-30-19/h6-8,10,14-16,31H,1-5,9H2,(H2,28,29,30)/t14-,15-,16-/m1/s1. The number of nitrogens with two attached hydrogens (primary N) is 1. The average Bonchev–Trinajstić information content (AvgIpc) is 2.75. The van der Waals surface area contributed by atoms with Gasteiger partial charge < -0.3 is 20.9 Å². The fraction of sp³-hybridized carbons (Fsp3) is 0.476. The molecule has 1 aromatic heterocycles. The largest absolute Gasteiger partial charge is 0.393 e. The normalized spacial score (nSPS) is 23.8. The number of anilines is 3. The molecule has 0 unspecified atom stereocenters. The topological polar surface area (TPSA) is 87.4 Å². The van der Waals surface area contributed by atoms with E-state index in [1.165, 1.54) is 15.9 Å². The van der Waals surface area contributed by atoms with Gasteiger partial charge in [-0.3, -0.25) is 4.79 Å². The number of nitrogen functional groups attached to an aromatic ring is 1. The van der Waals surface area contributed by atoms with Crippen LogP contribution in [0.4, 0.5) is 39.3 Å². The Kier molecular flexibility index (Phi) is 6.70. The summed E-state index contributed by atoms with van der Waals surface area (Å²) in [5.74, 6) is -4.48. The van der Waals surface area contributed by atoms with Crippen LogP contribution in [0.1, 0.15) is 19.3 Å². The summed E-state index contributed by atoms with van der Waals surface area (Å²) in [7, 11) is 0. The van der Waals surface area contributed by atoms with Crippen molar-refractivity contribution in [3.05, 3.63) is 41.2 Å². The third-order valence-corrected chi connectivity index (χ3v) is 6.39. The Balaban J connectivity index is 1.59. The molecular formula is C21H22ClF5N6O. The van der Waals surface area contributed by atoms with Gasteiger partial charge in [0.1, 0.15) is 18.2 Å². The number of benzene rings is 1. The van der Waals surface area contributed by atoms with Gasteiger partial charge in [0.2, 0.25) is 11.7 Å². The van der Waals surface area contributed by atoms with E-state index < -0.39 is 47.5 Å². The molecule has 4 rings (SSSR count). The van der Waals surface area contributed by atoms with Gasteiger partial charge in [-0.15, -0.1) is 0 Å². The molecule has 0 spiro atoms. The molecule has 2 aliphatic rings. The minimum absolute atomic E-state index is 0.112. The molecule has 2 fully saturated rings. The number of piperidine rings is 2. The molecule has 2 aromatic rings. The summed E-state index contributed by atoms with van der Waals surface area (Å²) >= 11 is 5.87. The number of aromatic nitrogens is 2. The number of carbonyl (C=O) groups excluding carboxylic acids is 1.